The molecule has 0 heterocycles. The molecular formula is C28H31N3. The van der Waals surface area contributed by atoms with E-state index in [-0.39, 0.29) is 0 Å². The van der Waals surface area contributed by atoms with Gasteiger partial charge in [-0.2, -0.15) is 0 Å². The molecule has 158 valence electrons. The molecular weight excluding hydrogens is 378 g/mol. The van der Waals surface area contributed by atoms with Gasteiger partial charge in [-0.05, 0) is 83.7 Å². The molecule has 1 fully saturated rings. The van der Waals surface area contributed by atoms with E-state index >= 15 is 0 Å². The molecule has 31 heavy (non-hydrogen) atoms. The molecule has 3 heteroatoms. The number of aryl methyl sites for hydroxylation is 1. The Morgan fingerprint density at radius 1 is 0.903 bits per heavy atom. The molecule has 4 rings (SSSR count). The number of nitrogens with one attached hydrogen (secondary N) is 1. The lowest BCUT2D eigenvalue weighted by atomic mass is 9.73. The van der Waals surface area contributed by atoms with E-state index in [0.717, 1.165) is 24.0 Å². The van der Waals surface area contributed by atoms with E-state index in [4.69, 9.17) is 16.9 Å². The summed E-state index contributed by atoms with van der Waals surface area (Å²) in [6.45, 7) is 0.713. The fourth-order valence-corrected chi connectivity index (χ4v) is 4.38. The maximum Gasteiger partial charge on any atom is 0.0403 e. The molecule has 0 aromatic heterocycles. The Morgan fingerprint density at radius 3 is 2.23 bits per heavy atom. The van der Waals surface area contributed by atoms with Crippen LogP contribution in [0, 0.1) is 11.3 Å². The summed E-state index contributed by atoms with van der Waals surface area (Å²) in [5, 5.41) is 7.79. The van der Waals surface area contributed by atoms with E-state index in [1.54, 1.807) is 0 Å². The van der Waals surface area contributed by atoms with E-state index < -0.39 is 0 Å². The molecule has 1 aliphatic carbocycles. The van der Waals surface area contributed by atoms with E-state index in [0.29, 0.717) is 18.2 Å². The third-order valence-corrected chi connectivity index (χ3v) is 6.31. The third-order valence-electron chi connectivity index (χ3n) is 6.31. The number of benzene rings is 3. The first-order chi connectivity index (χ1) is 15.2. The van der Waals surface area contributed by atoms with Gasteiger partial charge < -0.3 is 16.9 Å². The largest absolute Gasteiger partial charge is 0.398 e. The van der Waals surface area contributed by atoms with Crippen LogP contribution in [-0.2, 0) is 6.42 Å². The molecule has 0 unspecified atom stereocenters. The SMILES string of the molecule is N=Cc1cc(/C(=C(/c2ccccc2)C2CCC2)c2ccc(CCCN)cc2)ccc1N. The molecule has 0 bridgehead atoms. The molecule has 3 aromatic rings. The predicted octanol–water partition coefficient (Wildman–Crippen LogP) is 5.92. The van der Waals surface area contributed by atoms with Gasteiger partial charge >= 0.3 is 0 Å². The molecule has 1 aliphatic rings. The van der Waals surface area contributed by atoms with Gasteiger partial charge in [0.1, 0.15) is 0 Å². The first kappa shape index (κ1) is 21.1. The van der Waals surface area contributed by atoms with E-state index in [1.165, 1.54) is 53.3 Å². The summed E-state index contributed by atoms with van der Waals surface area (Å²) in [5.41, 5.74) is 20.8. The van der Waals surface area contributed by atoms with Crippen molar-refractivity contribution in [2.24, 2.45) is 11.7 Å². The van der Waals surface area contributed by atoms with Crippen LogP contribution in [0.5, 0.6) is 0 Å². The predicted molar refractivity (Wildman–Crippen MR) is 132 cm³/mol. The lowest BCUT2D eigenvalue weighted by molar-refractivity contribution is 0.401. The quantitative estimate of drug-likeness (QED) is 0.245. The number of nitrogen functional groups attached to an aromatic ring is 1. The average molecular weight is 410 g/mol. The maximum atomic E-state index is 7.79. The fourth-order valence-electron chi connectivity index (χ4n) is 4.38. The summed E-state index contributed by atoms with van der Waals surface area (Å²) in [7, 11) is 0. The second-order valence-corrected chi connectivity index (χ2v) is 8.36. The normalized spacial score (nSPS) is 14.6. The smallest absolute Gasteiger partial charge is 0.0403 e. The molecule has 0 atom stereocenters. The zero-order chi connectivity index (χ0) is 21.6. The van der Waals surface area contributed by atoms with Crippen LogP contribution in [0.1, 0.15) is 53.5 Å². The van der Waals surface area contributed by atoms with Crippen LogP contribution >= 0.6 is 0 Å². The minimum Gasteiger partial charge on any atom is -0.398 e. The van der Waals surface area contributed by atoms with E-state index in [1.807, 2.05) is 6.07 Å². The first-order valence-corrected chi connectivity index (χ1v) is 11.2. The highest BCUT2D eigenvalue weighted by Gasteiger charge is 2.27. The number of allylic oxidation sites excluding steroid dienone is 1. The maximum absolute atomic E-state index is 7.79. The van der Waals surface area contributed by atoms with Crippen LogP contribution in [0.3, 0.4) is 0 Å². The topological polar surface area (TPSA) is 75.9 Å². The molecule has 0 spiro atoms. The van der Waals surface area contributed by atoms with Gasteiger partial charge in [-0.15, -0.1) is 0 Å². The standard InChI is InChI=1S/C28H31N3/c29-17-5-6-20-11-13-23(14-12-20)28(24-15-16-26(31)25(18-24)19-30)27(22-9-4-10-22)21-7-2-1-3-8-21/h1-3,7-8,11-16,18-19,22,30H,4-6,9-10,17,29,31H2/b28-27-,30-19?. The lowest BCUT2D eigenvalue weighted by Crippen LogP contribution is -2.15. The van der Waals surface area contributed by atoms with Crippen molar-refractivity contribution in [1.29, 1.82) is 5.41 Å². The first-order valence-electron chi connectivity index (χ1n) is 11.2. The second-order valence-electron chi connectivity index (χ2n) is 8.36. The Bertz CT molecular complexity index is 1060. The number of rotatable bonds is 8. The molecule has 1 saturated carbocycles. The zero-order valence-corrected chi connectivity index (χ0v) is 18.0. The number of hydrogen-bond acceptors (Lipinski definition) is 3. The number of hydrogen-bond donors (Lipinski definition) is 3. The van der Waals surface area contributed by atoms with Crippen LogP contribution in [0.25, 0.3) is 11.1 Å². The molecule has 0 saturated heterocycles. The van der Waals surface area contributed by atoms with Gasteiger partial charge in [0.05, 0.1) is 0 Å². The summed E-state index contributed by atoms with van der Waals surface area (Å²) in [6.07, 6.45) is 7.06. The van der Waals surface area contributed by atoms with Crippen molar-refractivity contribution in [3.05, 3.63) is 101 Å². The summed E-state index contributed by atoms with van der Waals surface area (Å²) < 4.78 is 0. The molecule has 3 nitrogen and oxygen atoms in total. The molecule has 0 radical (unpaired) electrons. The van der Waals surface area contributed by atoms with Crippen molar-refractivity contribution >= 4 is 23.0 Å². The van der Waals surface area contributed by atoms with Gasteiger partial charge in [0, 0.05) is 17.5 Å². The van der Waals surface area contributed by atoms with Gasteiger partial charge in [-0.25, -0.2) is 0 Å². The van der Waals surface area contributed by atoms with Crippen LogP contribution in [-0.4, -0.2) is 12.8 Å². The molecule has 0 aliphatic heterocycles. The summed E-state index contributed by atoms with van der Waals surface area (Å²) in [5.74, 6) is 0.551. The highest BCUT2D eigenvalue weighted by molar-refractivity contribution is 6.01. The Morgan fingerprint density at radius 2 is 1.61 bits per heavy atom. The van der Waals surface area contributed by atoms with Crippen LogP contribution in [0.2, 0.25) is 0 Å². The summed E-state index contributed by atoms with van der Waals surface area (Å²) in [4.78, 5) is 0. The summed E-state index contributed by atoms with van der Waals surface area (Å²) >= 11 is 0. The highest BCUT2D eigenvalue weighted by atomic mass is 14.6. The fraction of sp³-hybridized carbons (Fsp3) is 0.250. The summed E-state index contributed by atoms with van der Waals surface area (Å²) in [6, 6.07) is 25.8. The van der Waals surface area contributed by atoms with Gasteiger partial charge in [-0.3, -0.25) is 0 Å². The van der Waals surface area contributed by atoms with Crippen LogP contribution in [0.15, 0.2) is 72.8 Å². The van der Waals surface area contributed by atoms with E-state index in [2.05, 4.69) is 66.7 Å². The Hall–Kier alpha value is -3.17. The molecule has 5 N–H and O–H groups in total. The third kappa shape index (κ3) is 4.62. The van der Waals surface area contributed by atoms with Gasteiger partial charge in [0.25, 0.3) is 0 Å². The van der Waals surface area contributed by atoms with Crippen LogP contribution < -0.4 is 11.5 Å². The number of anilines is 1. The van der Waals surface area contributed by atoms with Crippen molar-refractivity contribution in [3.8, 4) is 0 Å². The van der Waals surface area contributed by atoms with Gasteiger partial charge in [0.15, 0.2) is 0 Å². The van der Waals surface area contributed by atoms with Gasteiger partial charge in [-0.1, -0.05) is 67.1 Å². The lowest BCUT2D eigenvalue weighted by Gasteiger charge is -2.31. The Balaban J connectivity index is 1.92. The number of nitrogens with two attached hydrogens (primary N) is 2. The molecule has 0 amide bonds. The van der Waals surface area contributed by atoms with Crippen molar-refractivity contribution in [3.63, 3.8) is 0 Å². The monoisotopic (exact) mass is 409 g/mol. The van der Waals surface area contributed by atoms with Gasteiger partial charge in [0.2, 0.25) is 0 Å². The Kier molecular flexibility index (Phi) is 6.63. The van der Waals surface area contributed by atoms with Crippen molar-refractivity contribution in [2.45, 2.75) is 32.1 Å². The minimum atomic E-state index is 0.551. The zero-order valence-electron chi connectivity index (χ0n) is 18.0. The second kappa shape index (κ2) is 9.76. The average Bonchev–Trinajstić information content (AvgIpc) is 2.78. The highest BCUT2D eigenvalue weighted by Crippen LogP contribution is 2.45. The van der Waals surface area contributed by atoms with E-state index in [9.17, 15) is 0 Å². The minimum absolute atomic E-state index is 0.551. The van der Waals surface area contributed by atoms with Crippen molar-refractivity contribution in [1.82, 2.24) is 0 Å². The van der Waals surface area contributed by atoms with Crippen molar-refractivity contribution < 1.29 is 0 Å². The van der Waals surface area contributed by atoms with Crippen molar-refractivity contribution in [2.75, 3.05) is 12.3 Å². The Labute approximate surface area is 185 Å². The van der Waals surface area contributed by atoms with Crippen LogP contribution in [0.4, 0.5) is 5.69 Å². The molecule has 3 aromatic carbocycles.